The van der Waals surface area contributed by atoms with Crippen LogP contribution in [0.1, 0.15) is 41.0 Å². The van der Waals surface area contributed by atoms with Gasteiger partial charge in [-0.3, -0.25) is 10.1 Å². The minimum atomic E-state index is -4.67. The third-order valence-electron chi connectivity index (χ3n) is 3.99. The number of carbonyl (C=O) groups excluding carboxylic acids is 1. The highest BCUT2D eigenvalue weighted by Gasteiger charge is 2.35. The van der Waals surface area contributed by atoms with Gasteiger partial charge in [0.15, 0.2) is 5.13 Å². The Hall–Kier alpha value is -2.72. The molecule has 142 valence electrons. The molecular formula is C17H15F3N4O2S. The number of thiazole rings is 1. The zero-order chi connectivity index (χ0) is 19.8. The second-order valence-electron chi connectivity index (χ2n) is 5.73. The summed E-state index contributed by atoms with van der Waals surface area (Å²) in [5.74, 6) is -1.34. The van der Waals surface area contributed by atoms with E-state index in [4.69, 9.17) is 5.73 Å². The van der Waals surface area contributed by atoms with E-state index >= 15 is 0 Å². The molecule has 0 unspecified atom stereocenters. The van der Waals surface area contributed by atoms with Crippen molar-refractivity contribution in [2.75, 3.05) is 5.32 Å². The first kappa shape index (κ1) is 19.1. The molecule has 3 rings (SSSR count). The van der Waals surface area contributed by atoms with E-state index in [1.165, 1.54) is 12.3 Å². The number of nitrogens with two attached hydrogens (primary N) is 1. The van der Waals surface area contributed by atoms with E-state index in [9.17, 15) is 23.1 Å². The summed E-state index contributed by atoms with van der Waals surface area (Å²) in [6, 6.07) is 2.45. The number of halogens is 3. The molecule has 0 saturated carbocycles. The van der Waals surface area contributed by atoms with E-state index in [1.807, 2.05) is 0 Å². The summed E-state index contributed by atoms with van der Waals surface area (Å²) < 4.78 is 40.0. The first-order valence-corrected chi connectivity index (χ1v) is 8.81. The lowest BCUT2D eigenvalue weighted by atomic mass is 9.99. The highest BCUT2D eigenvalue weighted by Crippen LogP contribution is 2.39. The first-order chi connectivity index (χ1) is 12.7. The number of pyridine rings is 1. The third kappa shape index (κ3) is 3.58. The smallest absolute Gasteiger partial charge is 0.418 e. The maximum atomic E-state index is 13.3. The molecule has 3 aromatic rings. The standard InChI is InChI=1S/C17H15F3N4O2S/c1-2-10(21)13-11(15(26)24-16-22-6-7-27-16)14(25)8-4-3-5-9(12(8)23-13)17(18,19)20/h3-7,10H,2,21H2,1H3,(H,23,25)(H,22,24,26)/t10-/m0/s1. The van der Waals surface area contributed by atoms with Crippen molar-refractivity contribution < 1.29 is 23.1 Å². The molecule has 2 heterocycles. The van der Waals surface area contributed by atoms with Crippen molar-refractivity contribution in [3.8, 4) is 5.75 Å². The molecule has 1 aromatic carbocycles. The topological polar surface area (TPSA) is 101 Å². The van der Waals surface area contributed by atoms with Crippen LogP contribution >= 0.6 is 11.3 Å². The molecule has 0 saturated heterocycles. The van der Waals surface area contributed by atoms with Gasteiger partial charge in [0.25, 0.3) is 5.91 Å². The SMILES string of the molecule is CC[C@H](N)c1nc2c(C(F)(F)F)cccc2c(O)c1C(=O)Nc1nccs1. The summed E-state index contributed by atoms with van der Waals surface area (Å²) in [4.78, 5) is 20.6. The second-order valence-corrected chi connectivity index (χ2v) is 6.62. The number of alkyl halides is 3. The van der Waals surface area contributed by atoms with Gasteiger partial charge < -0.3 is 10.8 Å². The Balaban J connectivity index is 2.26. The molecule has 2 aromatic heterocycles. The zero-order valence-corrected chi connectivity index (χ0v) is 14.9. The molecule has 0 aliphatic carbocycles. The number of rotatable bonds is 4. The van der Waals surface area contributed by atoms with Gasteiger partial charge in [0, 0.05) is 23.0 Å². The van der Waals surface area contributed by atoms with Gasteiger partial charge in [0.1, 0.15) is 11.3 Å². The Labute approximate surface area is 155 Å². The van der Waals surface area contributed by atoms with Crippen LogP contribution in [0, 0.1) is 0 Å². The lowest BCUT2D eigenvalue weighted by Gasteiger charge is -2.18. The van der Waals surface area contributed by atoms with E-state index in [-0.39, 0.29) is 21.8 Å². The largest absolute Gasteiger partial charge is 0.506 e. The van der Waals surface area contributed by atoms with Crippen LogP contribution in [0.2, 0.25) is 0 Å². The van der Waals surface area contributed by atoms with Gasteiger partial charge in [0.2, 0.25) is 0 Å². The van der Waals surface area contributed by atoms with Gasteiger partial charge in [-0.2, -0.15) is 13.2 Å². The second kappa shape index (κ2) is 7.12. The van der Waals surface area contributed by atoms with Crippen LogP contribution < -0.4 is 11.1 Å². The Morgan fingerprint density at radius 1 is 1.41 bits per heavy atom. The molecule has 0 spiro atoms. The lowest BCUT2D eigenvalue weighted by Crippen LogP contribution is -2.21. The number of amides is 1. The third-order valence-corrected chi connectivity index (χ3v) is 4.68. The molecule has 4 N–H and O–H groups in total. The minimum Gasteiger partial charge on any atom is -0.506 e. The summed E-state index contributed by atoms with van der Waals surface area (Å²) in [5.41, 5.74) is 4.16. The molecular weight excluding hydrogens is 381 g/mol. The minimum absolute atomic E-state index is 0.103. The number of nitrogens with zero attached hydrogens (tertiary/aromatic N) is 2. The number of anilines is 1. The maximum Gasteiger partial charge on any atom is 0.418 e. The fourth-order valence-corrected chi connectivity index (χ4v) is 3.17. The van der Waals surface area contributed by atoms with Crippen molar-refractivity contribution in [1.82, 2.24) is 9.97 Å². The van der Waals surface area contributed by atoms with Crippen molar-refractivity contribution >= 4 is 33.3 Å². The number of fused-ring (bicyclic) bond motifs is 1. The van der Waals surface area contributed by atoms with Crippen molar-refractivity contribution in [1.29, 1.82) is 0 Å². The average molecular weight is 396 g/mol. The Morgan fingerprint density at radius 2 is 2.15 bits per heavy atom. The first-order valence-electron chi connectivity index (χ1n) is 7.93. The van der Waals surface area contributed by atoms with E-state index in [0.29, 0.717) is 6.42 Å². The number of aromatic hydroxyl groups is 1. The highest BCUT2D eigenvalue weighted by molar-refractivity contribution is 7.13. The zero-order valence-electron chi connectivity index (χ0n) is 14.0. The molecule has 1 amide bonds. The fourth-order valence-electron chi connectivity index (χ4n) is 2.65. The molecule has 0 bridgehead atoms. The summed E-state index contributed by atoms with van der Waals surface area (Å²) in [7, 11) is 0. The number of nitrogens with one attached hydrogen (secondary N) is 1. The van der Waals surface area contributed by atoms with E-state index in [1.54, 1.807) is 12.3 Å². The van der Waals surface area contributed by atoms with Crippen molar-refractivity contribution in [2.45, 2.75) is 25.6 Å². The molecule has 0 aliphatic rings. The molecule has 0 radical (unpaired) electrons. The van der Waals surface area contributed by atoms with Gasteiger partial charge in [-0.15, -0.1) is 11.3 Å². The van der Waals surface area contributed by atoms with Crippen molar-refractivity contribution in [3.63, 3.8) is 0 Å². The van der Waals surface area contributed by atoms with E-state index in [0.717, 1.165) is 23.5 Å². The average Bonchev–Trinajstić information content (AvgIpc) is 3.12. The van der Waals surface area contributed by atoms with E-state index < -0.39 is 35.0 Å². The molecule has 0 fully saturated rings. The molecule has 0 aliphatic heterocycles. The lowest BCUT2D eigenvalue weighted by molar-refractivity contribution is -0.136. The molecule has 6 nitrogen and oxygen atoms in total. The number of para-hydroxylation sites is 1. The fraction of sp³-hybridized carbons (Fsp3) is 0.235. The summed E-state index contributed by atoms with van der Waals surface area (Å²) >= 11 is 1.16. The van der Waals surface area contributed by atoms with Crippen LogP contribution in [-0.4, -0.2) is 21.0 Å². The van der Waals surface area contributed by atoms with Crippen LogP contribution in [0.15, 0.2) is 29.8 Å². The number of hydrogen-bond donors (Lipinski definition) is 3. The highest BCUT2D eigenvalue weighted by atomic mass is 32.1. The van der Waals surface area contributed by atoms with Crippen LogP contribution in [-0.2, 0) is 6.18 Å². The molecule has 10 heteroatoms. The number of carbonyl (C=O) groups is 1. The van der Waals surface area contributed by atoms with Gasteiger partial charge >= 0.3 is 6.18 Å². The Bertz CT molecular complexity index is 990. The Morgan fingerprint density at radius 3 is 2.74 bits per heavy atom. The van der Waals surface area contributed by atoms with Gasteiger partial charge in [-0.05, 0) is 18.6 Å². The van der Waals surface area contributed by atoms with Crippen LogP contribution in [0.4, 0.5) is 18.3 Å². The number of aromatic nitrogens is 2. The van der Waals surface area contributed by atoms with Crippen molar-refractivity contribution in [3.05, 3.63) is 46.6 Å². The van der Waals surface area contributed by atoms with E-state index in [2.05, 4.69) is 15.3 Å². The quantitative estimate of drug-likeness (QED) is 0.617. The van der Waals surface area contributed by atoms with Gasteiger partial charge in [-0.25, -0.2) is 9.97 Å². The van der Waals surface area contributed by atoms with Gasteiger partial charge in [-0.1, -0.05) is 13.0 Å². The predicted octanol–water partition coefficient (Wildman–Crippen LogP) is 4.08. The van der Waals surface area contributed by atoms with Crippen LogP contribution in [0.3, 0.4) is 0 Å². The molecule has 1 atom stereocenters. The Kier molecular flexibility index (Phi) is 5.03. The maximum absolute atomic E-state index is 13.3. The predicted molar refractivity (Wildman–Crippen MR) is 95.7 cm³/mol. The summed E-state index contributed by atoms with van der Waals surface area (Å²) in [6.07, 6.45) is -2.88. The normalized spacial score (nSPS) is 12.9. The summed E-state index contributed by atoms with van der Waals surface area (Å²) in [6.45, 7) is 1.70. The number of benzene rings is 1. The molecule has 27 heavy (non-hydrogen) atoms. The van der Waals surface area contributed by atoms with Crippen LogP contribution in [0.5, 0.6) is 5.75 Å². The van der Waals surface area contributed by atoms with Crippen LogP contribution in [0.25, 0.3) is 10.9 Å². The number of hydrogen-bond acceptors (Lipinski definition) is 6. The monoisotopic (exact) mass is 396 g/mol. The summed E-state index contributed by atoms with van der Waals surface area (Å²) in [5, 5.41) is 14.9. The van der Waals surface area contributed by atoms with Crippen molar-refractivity contribution in [2.24, 2.45) is 5.73 Å². The van der Waals surface area contributed by atoms with Gasteiger partial charge in [0.05, 0.1) is 16.8 Å².